The summed E-state index contributed by atoms with van der Waals surface area (Å²) in [4.78, 5) is 38.0. The number of carbonyl (C=O) groups excluding carboxylic acids is 3. The fourth-order valence-electron chi connectivity index (χ4n) is 4.70. The van der Waals surface area contributed by atoms with E-state index < -0.39 is 6.04 Å². The molecule has 3 fully saturated rings. The van der Waals surface area contributed by atoms with Crippen LogP contribution in [0.5, 0.6) is 0 Å². The summed E-state index contributed by atoms with van der Waals surface area (Å²) < 4.78 is 0. The lowest BCUT2D eigenvalue weighted by Crippen LogP contribution is -2.52. The van der Waals surface area contributed by atoms with E-state index in [0.29, 0.717) is 18.5 Å². The van der Waals surface area contributed by atoms with Crippen molar-refractivity contribution in [2.45, 2.75) is 43.9 Å². The highest BCUT2D eigenvalue weighted by molar-refractivity contribution is 6.05. The number of rotatable bonds is 4. The molecule has 3 heterocycles. The van der Waals surface area contributed by atoms with E-state index in [0.717, 1.165) is 36.7 Å². The zero-order valence-corrected chi connectivity index (χ0v) is 14.5. The van der Waals surface area contributed by atoms with Crippen molar-refractivity contribution in [3.05, 3.63) is 34.9 Å². The third-order valence-corrected chi connectivity index (χ3v) is 6.37. The molecule has 1 saturated carbocycles. The second kappa shape index (κ2) is 5.62. The van der Waals surface area contributed by atoms with Gasteiger partial charge in [-0.25, -0.2) is 0 Å². The molecule has 136 valence electrons. The molecule has 0 aromatic heterocycles. The first-order valence-corrected chi connectivity index (χ1v) is 9.28. The van der Waals surface area contributed by atoms with Gasteiger partial charge >= 0.3 is 0 Å². The number of imide groups is 1. The first kappa shape index (κ1) is 16.0. The van der Waals surface area contributed by atoms with Gasteiger partial charge in [0, 0.05) is 37.2 Å². The van der Waals surface area contributed by atoms with Crippen LogP contribution in [0.1, 0.15) is 40.7 Å². The molecule has 0 radical (unpaired) electrons. The molecule has 26 heavy (non-hydrogen) atoms. The standard InChI is InChI=1S/C19H22N4O3/c24-16-5-4-15(17(25)22-16)23-9-14-11(2-1-3-13(14)18(23)26)7-21-19-6-12(19)8-20-10-19/h1-3,12,15,20-21H,4-10H2,(H,22,24,25)/t12-,15?,19-/m0/s1. The summed E-state index contributed by atoms with van der Waals surface area (Å²) in [5, 5.41) is 9.46. The first-order valence-electron chi connectivity index (χ1n) is 9.28. The second-order valence-electron chi connectivity index (χ2n) is 7.88. The van der Waals surface area contributed by atoms with Crippen LogP contribution in [-0.2, 0) is 22.7 Å². The number of carbonyl (C=O) groups is 3. The maximum absolute atomic E-state index is 12.8. The fraction of sp³-hybridized carbons (Fsp3) is 0.526. The Kier molecular flexibility index (Phi) is 3.45. The van der Waals surface area contributed by atoms with Crippen LogP contribution in [0.25, 0.3) is 0 Å². The largest absolute Gasteiger partial charge is 0.322 e. The Morgan fingerprint density at radius 2 is 2.15 bits per heavy atom. The monoisotopic (exact) mass is 354 g/mol. The lowest BCUT2D eigenvalue weighted by Gasteiger charge is -2.29. The Morgan fingerprint density at radius 3 is 2.88 bits per heavy atom. The normalized spacial score (nSPS) is 32.5. The average Bonchev–Trinajstić information content (AvgIpc) is 2.99. The molecular formula is C19H22N4O3. The fourth-order valence-corrected chi connectivity index (χ4v) is 4.70. The Morgan fingerprint density at radius 1 is 1.27 bits per heavy atom. The van der Waals surface area contributed by atoms with E-state index in [1.54, 1.807) is 4.90 Å². The van der Waals surface area contributed by atoms with Crippen molar-refractivity contribution in [3.8, 4) is 0 Å². The van der Waals surface area contributed by atoms with Crippen molar-refractivity contribution in [2.24, 2.45) is 5.92 Å². The molecule has 0 bridgehead atoms. The van der Waals surface area contributed by atoms with E-state index >= 15 is 0 Å². The lowest BCUT2D eigenvalue weighted by atomic mass is 10.0. The Hall–Kier alpha value is -2.25. The smallest absolute Gasteiger partial charge is 0.255 e. The number of nitrogens with one attached hydrogen (secondary N) is 3. The molecule has 1 aromatic carbocycles. The maximum atomic E-state index is 12.8. The van der Waals surface area contributed by atoms with Crippen LogP contribution in [-0.4, -0.2) is 47.3 Å². The Labute approximate surface area is 151 Å². The van der Waals surface area contributed by atoms with Crippen molar-refractivity contribution in [1.82, 2.24) is 20.9 Å². The number of amides is 3. The van der Waals surface area contributed by atoms with Crippen LogP contribution in [0.3, 0.4) is 0 Å². The van der Waals surface area contributed by atoms with E-state index in [4.69, 9.17) is 0 Å². The molecule has 2 saturated heterocycles. The zero-order valence-electron chi connectivity index (χ0n) is 14.5. The van der Waals surface area contributed by atoms with Crippen molar-refractivity contribution < 1.29 is 14.4 Å². The third kappa shape index (κ3) is 2.38. The van der Waals surface area contributed by atoms with Gasteiger partial charge in [-0.15, -0.1) is 0 Å². The molecule has 1 aliphatic carbocycles. The number of nitrogens with zero attached hydrogens (tertiary/aromatic N) is 1. The molecule has 3 aliphatic heterocycles. The Bertz CT molecular complexity index is 823. The second-order valence-corrected chi connectivity index (χ2v) is 7.88. The van der Waals surface area contributed by atoms with E-state index in [-0.39, 0.29) is 29.7 Å². The number of piperidine rings is 2. The highest BCUT2D eigenvalue weighted by Gasteiger charge is 2.56. The van der Waals surface area contributed by atoms with Gasteiger partial charge in [0.25, 0.3) is 5.91 Å². The topological polar surface area (TPSA) is 90.5 Å². The molecule has 0 spiro atoms. The maximum Gasteiger partial charge on any atom is 0.255 e. The number of hydrogen-bond donors (Lipinski definition) is 3. The van der Waals surface area contributed by atoms with Crippen LogP contribution in [0.4, 0.5) is 0 Å². The van der Waals surface area contributed by atoms with Gasteiger partial charge in [0.05, 0.1) is 0 Å². The Balaban J connectivity index is 1.35. The van der Waals surface area contributed by atoms with Gasteiger partial charge in [0.15, 0.2) is 0 Å². The summed E-state index contributed by atoms with van der Waals surface area (Å²) in [5.74, 6) is -0.00950. The van der Waals surface area contributed by atoms with E-state index in [1.807, 2.05) is 12.1 Å². The number of fused-ring (bicyclic) bond motifs is 2. The predicted octanol–water partition coefficient (Wildman–Crippen LogP) is -0.101. The van der Waals surface area contributed by atoms with Crippen LogP contribution < -0.4 is 16.0 Å². The van der Waals surface area contributed by atoms with Gasteiger partial charge < -0.3 is 15.5 Å². The molecule has 5 rings (SSSR count). The van der Waals surface area contributed by atoms with Crippen LogP contribution in [0.2, 0.25) is 0 Å². The van der Waals surface area contributed by atoms with Gasteiger partial charge in [0.1, 0.15) is 6.04 Å². The molecule has 1 aromatic rings. The minimum atomic E-state index is -0.557. The highest BCUT2D eigenvalue weighted by atomic mass is 16.2. The van der Waals surface area contributed by atoms with Gasteiger partial charge in [-0.2, -0.15) is 0 Å². The molecule has 4 aliphatic rings. The van der Waals surface area contributed by atoms with E-state index in [9.17, 15) is 14.4 Å². The van der Waals surface area contributed by atoms with Crippen LogP contribution >= 0.6 is 0 Å². The van der Waals surface area contributed by atoms with Gasteiger partial charge in [-0.1, -0.05) is 12.1 Å². The quantitative estimate of drug-likeness (QED) is 0.657. The molecule has 7 nitrogen and oxygen atoms in total. The van der Waals surface area contributed by atoms with Gasteiger partial charge in [-0.3, -0.25) is 19.7 Å². The highest BCUT2D eigenvalue weighted by Crippen LogP contribution is 2.46. The summed E-state index contributed by atoms with van der Waals surface area (Å²) in [5.41, 5.74) is 3.05. The van der Waals surface area contributed by atoms with Crippen molar-refractivity contribution in [2.75, 3.05) is 13.1 Å². The average molecular weight is 354 g/mol. The minimum Gasteiger partial charge on any atom is -0.322 e. The third-order valence-electron chi connectivity index (χ3n) is 6.37. The van der Waals surface area contributed by atoms with Crippen LogP contribution in [0, 0.1) is 5.92 Å². The first-order chi connectivity index (χ1) is 12.6. The van der Waals surface area contributed by atoms with Gasteiger partial charge in [-0.05, 0) is 42.5 Å². The lowest BCUT2D eigenvalue weighted by molar-refractivity contribution is -0.136. The predicted molar refractivity (Wildman–Crippen MR) is 93.0 cm³/mol. The summed E-state index contributed by atoms with van der Waals surface area (Å²) in [6.45, 7) is 3.26. The molecule has 3 atom stereocenters. The summed E-state index contributed by atoms with van der Waals surface area (Å²) in [6.07, 6.45) is 1.90. The molecule has 7 heteroatoms. The summed E-state index contributed by atoms with van der Waals surface area (Å²) >= 11 is 0. The molecule has 3 N–H and O–H groups in total. The van der Waals surface area contributed by atoms with Crippen molar-refractivity contribution in [3.63, 3.8) is 0 Å². The molecule has 3 amide bonds. The number of benzene rings is 1. The zero-order chi connectivity index (χ0) is 17.9. The summed E-state index contributed by atoms with van der Waals surface area (Å²) in [7, 11) is 0. The number of hydrogen-bond acceptors (Lipinski definition) is 5. The summed E-state index contributed by atoms with van der Waals surface area (Å²) in [6, 6.07) is 5.25. The van der Waals surface area contributed by atoms with Crippen molar-refractivity contribution >= 4 is 17.7 Å². The van der Waals surface area contributed by atoms with E-state index in [2.05, 4.69) is 22.0 Å². The minimum absolute atomic E-state index is 0.110. The van der Waals surface area contributed by atoms with E-state index in [1.165, 1.54) is 6.42 Å². The molecule has 1 unspecified atom stereocenters. The van der Waals surface area contributed by atoms with Gasteiger partial charge in [0.2, 0.25) is 11.8 Å². The van der Waals surface area contributed by atoms with Crippen molar-refractivity contribution in [1.29, 1.82) is 0 Å². The molecular weight excluding hydrogens is 332 g/mol. The SMILES string of the molecule is O=C1CCC(N2Cc3c(CN[C@@]45CNC[C@@H]4C5)cccc3C2=O)C(=O)N1. The van der Waals surface area contributed by atoms with Crippen LogP contribution in [0.15, 0.2) is 18.2 Å².